The maximum atomic E-state index is 13.9. The monoisotopic (exact) mass is 289 g/mol. The first kappa shape index (κ1) is 15.3. The number of nitrogens with one attached hydrogen (secondary N) is 1. The maximum Gasteiger partial charge on any atom is 0.416 e. The average molecular weight is 289 g/mol. The van der Waals surface area contributed by atoms with Gasteiger partial charge in [0.15, 0.2) is 0 Å². The quantitative estimate of drug-likeness (QED) is 0.796. The molecule has 1 aliphatic rings. The van der Waals surface area contributed by atoms with Gasteiger partial charge in [0, 0.05) is 11.6 Å². The van der Waals surface area contributed by atoms with E-state index in [0.29, 0.717) is 0 Å². The maximum absolute atomic E-state index is 13.9. The molecule has 1 unspecified atom stereocenters. The van der Waals surface area contributed by atoms with Gasteiger partial charge < -0.3 is 5.32 Å². The summed E-state index contributed by atoms with van der Waals surface area (Å²) in [5.74, 6) is -0.366. The number of hydrogen-bond donors (Lipinski definition) is 1. The van der Waals surface area contributed by atoms with Crippen LogP contribution in [-0.4, -0.2) is 7.05 Å². The van der Waals surface area contributed by atoms with E-state index < -0.39 is 17.6 Å². The largest absolute Gasteiger partial charge is 0.416 e. The molecule has 0 heterocycles. The molecule has 20 heavy (non-hydrogen) atoms. The zero-order valence-corrected chi connectivity index (χ0v) is 11.4. The van der Waals surface area contributed by atoms with Gasteiger partial charge in [-0.05, 0) is 44.0 Å². The lowest BCUT2D eigenvalue weighted by Gasteiger charge is -2.31. The first-order valence-corrected chi connectivity index (χ1v) is 6.97. The molecule has 2 rings (SSSR count). The van der Waals surface area contributed by atoms with Crippen LogP contribution in [0.4, 0.5) is 17.6 Å². The summed E-state index contributed by atoms with van der Waals surface area (Å²) in [7, 11) is 1.68. The molecule has 1 fully saturated rings. The topological polar surface area (TPSA) is 12.0 Å². The molecule has 0 bridgehead atoms. The van der Waals surface area contributed by atoms with Crippen molar-refractivity contribution < 1.29 is 17.6 Å². The van der Waals surface area contributed by atoms with E-state index in [4.69, 9.17) is 0 Å². The van der Waals surface area contributed by atoms with Crippen molar-refractivity contribution in [2.24, 2.45) is 5.92 Å². The van der Waals surface area contributed by atoms with Gasteiger partial charge in [0.2, 0.25) is 0 Å². The lowest BCUT2D eigenvalue weighted by atomic mass is 9.80. The van der Waals surface area contributed by atoms with Crippen LogP contribution in [-0.2, 0) is 6.18 Å². The Balaban J connectivity index is 2.32. The predicted octanol–water partition coefficient (Wildman–Crippen LogP) is 4.69. The molecule has 1 aromatic carbocycles. The van der Waals surface area contributed by atoms with Crippen LogP contribution < -0.4 is 5.32 Å². The second-order valence-electron chi connectivity index (χ2n) is 5.40. The fourth-order valence-electron chi connectivity index (χ4n) is 3.07. The van der Waals surface area contributed by atoms with Crippen LogP contribution in [0.5, 0.6) is 0 Å². The molecule has 0 saturated heterocycles. The van der Waals surface area contributed by atoms with Crippen LogP contribution in [0, 0.1) is 11.7 Å². The first-order valence-electron chi connectivity index (χ1n) is 6.97. The van der Waals surface area contributed by atoms with E-state index >= 15 is 0 Å². The summed E-state index contributed by atoms with van der Waals surface area (Å²) in [6, 6.07) is 2.32. The van der Waals surface area contributed by atoms with Crippen LogP contribution in [0.2, 0.25) is 0 Å². The number of hydrogen-bond acceptors (Lipinski definition) is 1. The first-order chi connectivity index (χ1) is 9.43. The van der Waals surface area contributed by atoms with Gasteiger partial charge in [-0.15, -0.1) is 0 Å². The third-order valence-electron chi connectivity index (χ3n) is 4.09. The molecular weight excluding hydrogens is 270 g/mol. The SMILES string of the molecule is CNC(c1cc(C(F)(F)F)ccc1F)C1CCCCC1. The summed E-state index contributed by atoms with van der Waals surface area (Å²) < 4.78 is 52.2. The molecule has 0 aliphatic heterocycles. The van der Waals surface area contributed by atoms with E-state index in [-0.39, 0.29) is 17.5 Å². The Morgan fingerprint density at radius 1 is 1.15 bits per heavy atom. The Bertz CT molecular complexity index is 450. The highest BCUT2D eigenvalue weighted by Crippen LogP contribution is 2.37. The molecule has 1 aliphatic carbocycles. The van der Waals surface area contributed by atoms with Crippen molar-refractivity contribution >= 4 is 0 Å². The molecule has 1 saturated carbocycles. The van der Waals surface area contributed by atoms with Gasteiger partial charge in [0.25, 0.3) is 0 Å². The van der Waals surface area contributed by atoms with Gasteiger partial charge in [0.05, 0.1) is 5.56 Å². The summed E-state index contributed by atoms with van der Waals surface area (Å²) in [6.07, 6.45) is 0.695. The van der Waals surface area contributed by atoms with Crippen molar-refractivity contribution in [2.75, 3.05) is 7.05 Å². The Morgan fingerprint density at radius 3 is 2.35 bits per heavy atom. The molecule has 0 aromatic heterocycles. The molecule has 1 nitrogen and oxygen atoms in total. The smallest absolute Gasteiger partial charge is 0.313 e. The Morgan fingerprint density at radius 2 is 1.80 bits per heavy atom. The third-order valence-corrected chi connectivity index (χ3v) is 4.09. The highest BCUT2D eigenvalue weighted by atomic mass is 19.4. The van der Waals surface area contributed by atoms with Crippen molar-refractivity contribution in [1.29, 1.82) is 0 Å². The molecule has 1 N–H and O–H groups in total. The van der Waals surface area contributed by atoms with Crippen molar-refractivity contribution in [3.05, 3.63) is 35.1 Å². The second kappa shape index (κ2) is 6.12. The third kappa shape index (κ3) is 3.32. The van der Waals surface area contributed by atoms with Crippen LogP contribution in [0.3, 0.4) is 0 Å². The molecule has 1 aromatic rings. The molecule has 0 spiro atoms. The predicted molar refractivity (Wildman–Crippen MR) is 69.8 cm³/mol. The summed E-state index contributed by atoms with van der Waals surface area (Å²) in [5, 5.41) is 3.00. The van der Waals surface area contributed by atoms with Crippen LogP contribution in [0.1, 0.15) is 49.3 Å². The molecule has 1 atom stereocenters. The summed E-state index contributed by atoms with van der Waals surface area (Å²) in [5.41, 5.74) is -0.654. The second-order valence-corrected chi connectivity index (χ2v) is 5.40. The van der Waals surface area contributed by atoms with Crippen LogP contribution >= 0.6 is 0 Å². The number of benzene rings is 1. The van der Waals surface area contributed by atoms with Crippen LogP contribution in [0.15, 0.2) is 18.2 Å². The van der Waals surface area contributed by atoms with Gasteiger partial charge in [-0.2, -0.15) is 13.2 Å². The normalized spacial score (nSPS) is 19.1. The van der Waals surface area contributed by atoms with Crippen molar-refractivity contribution in [1.82, 2.24) is 5.32 Å². The minimum atomic E-state index is -4.44. The fourth-order valence-corrected chi connectivity index (χ4v) is 3.07. The fraction of sp³-hybridized carbons (Fsp3) is 0.600. The molecule has 0 radical (unpaired) electrons. The van der Waals surface area contributed by atoms with Gasteiger partial charge in [-0.3, -0.25) is 0 Å². The lowest BCUT2D eigenvalue weighted by Crippen LogP contribution is -2.28. The molecular formula is C15H19F4N. The molecule has 0 amide bonds. The van der Waals surface area contributed by atoms with Crippen molar-refractivity contribution in [3.8, 4) is 0 Å². The zero-order valence-electron chi connectivity index (χ0n) is 11.4. The van der Waals surface area contributed by atoms with E-state index in [0.717, 1.165) is 50.3 Å². The Hall–Kier alpha value is -1.10. The number of alkyl halides is 3. The number of rotatable bonds is 3. The highest BCUT2D eigenvalue weighted by Gasteiger charge is 2.33. The zero-order chi connectivity index (χ0) is 14.8. The van der Waals surface area contributed by atoms with Gasteiger partial charge in [-0.25, -0.2) is 4.39 Å². The van der Waals surface area contributed by atoms with Crippen molar-refractivity contribution in [2.45, 2.75) is 44.3 Å². The minimum absolute atomic E-state index is 0.134. The molecule has 5 heteroatoms. The van der Waals surface area contributed by atoms with Crippen LogP contribution in [0.25, 0.3) is 0 Å². The van der Waals surface area contributed by atoms with E-state index in [1.165, 1.54) is 0 Å². The van der Waals surface area contributed by atoms with E-state index in [2.05, 4.69) is 5.32 Å². The Kier molecular flexibility index (Phi) is 4.68. The van der Waals surface area contributed by atoms with E-state index in [9.17, 15) is 17.6 Å². The van der Waals surface area contributed by atoms with Gasteiger partial charge >= 0.3 is 6.18 Å². The minimum Gasteiger partial charge on any atom is -0.313 e. The summed E-state index contributed by atoms with van der Waals surface area (Å²) in [6.45, 7) is 0. The molecule has 112 valence electrons. The highest BCUT2D eigenvalue weighted by molar-refractivity contribution is 5.30. The summed E-state index contributed by atoms with van der Waals surface area (Å²) >= 11 is 0. The van der Waals surface area contributed by atoms with E-state index in [1.807, 2.05) is 0 Å². The van der Waals surface area contributed by atoms with E-state index in [1.54, 1.807) is 7.05 Å². The van der Waals surface area contributed by atoms with Gasteiger partial charge in [0.1, 0.15) is 5.82 Å². The number of halogens is 4. The summed E-state index contributed by atoms with van der Waals surface area (Å²) in [4.78, 5) is 0. The lowest BCUT2D eigenvalue weighted by molar-refractivity contribution is -0.137. The standard InChI is InChI=1S/C15H19F4N/c1-20-14(10-5-3-2-4-6-10)12-9-11(15(17,18)19)7-8-13(12)16/h7-10,14,20H,2-6H2,1H3. The van der Waals surface area contributed by atoms with Crippen molar-refractivity contribution in [3.63, 3.8) is 0 Å². The van der Waals surface area contributed by atoms with Gasteiger partial charge in [-0.1, -0.05) is 19.3 Å². The Labute approximate surface area is 116 Å². The average Bonchev–Trinajstić information content (AvgIpc) is 2.41.